The number of carbonyl (C=O) groups is 2. The molecule has 0 unspecified atom stereocenters. The second-order valence-electron chi connectivity index (χ2n) is 5.44. The fraction of sp³-hybridized carbons (Fsp3) is 0.176. The highest BCUT2D eigenvalue weighted by atomic mass is 35.5. The first-order valence-electron chi connectivity index (χ1n) is 7.68. The van der Waals surface area contributed by atoms with Gasteiger partial charge in [-0.1, -0.05) is 29.8 Å². The molecule has 2 N–H and O–H groups in total. The molecule has 0 spiro atoms. The molecule has 2 aromatic rings. The van der Waals surface area contributed by atoms with Crippen LogP contribution in [-0.4, -0.2) is 32.9 Å². The summed E-state index contributed by atoms with van der Waals surface area (Å²) in [4.78, 5) is 23.1. The van der Waals surface area contributed by atoms with E-state index in [1.54, 1.807) is 18.2 Å². The van der Waals surface area contributed by atoms with Crippen molar-refractivity contribution in [3.05, 3.63) is 59.4 Å². The average Bonchev–Trinajstić information content (AvgIpc) is 2.59. The normalized spacial score (nSPS) is 12.3. The number of benzene rings is 2. The molecule has 0 fully saturated rings. The van der Waals surface area contributed by atoms with E-state index < -0.39 is 45.3 Å². The Morgan fingerprint density at radius 1 is 1.19 bits per heavy atom. The number of rotatable bonds is 7. The van der Waals surface area contributed by atoms with Crippen LogP contribution in [0.3, 0.4) is 0 Å². The summed E-state index contributed by atoms with van der Waals surface area (Å²) >= 11 is 5.79. The van der Waals surface area contributed by atoms with Crippen LogP contribution < -0.4 is 10.0 Å². The van der Waals surface area contributed by atoms with Crippen LogP contribution in [0.4, 0.5) is 10.1 Å². The van der Waals surface area contributed by atoms with Crippen LogP contribution in [0.15, 0.2) is 53.4 Å². The first kappa shape index (κ1) is 20.8. The van der Waals surface area contributed by atoms with Crippen LogP contribution in [0, 0.1) is 5.82 Å². The van der Waals surface area contributed by atoms with Gasteiger partial charge in [-0.05, 0) is 37.3 Å². The number of hydrogen-bond donors (Lipinski definition) is 2. The summed E-state index contributed by atoms with van der Waals surface area (Å²) in [5.41, 5.74) is 0.414. The van der Waals surface area contributed by atoms with E-state index in [4.69, 9.17) is 16.3 Å². The van der Waals surface area contributed by atoms with Crippen molar-refractivity contribution < 1.29 is 27.1 Å². The summed E-state index contributed by atoms with van der Waals surface area (Å²) in [6.45, 7) is 0.590. The molecule has 2 aromatic carbocycles. The summed E-state index contributed by atoms with van der Waals surface area (Å²) in [5.74, 6) is -2.57. The number of ether oxygens (including phenoxy) is 1. The largest absolute Gasteiger partial charge is 0.454 e. The Morgan fingerprint density at radius 3 is 2.56 bits per heavy atom. The van der Waals surface area contributed by atoms with Gasteiger partial charge in [0.15, 0.2) is 6.61 Å². The van der Waals surface area contributed by atoms with E-state index in [1.165, 1.54) is 25.1 Å². The zero-order chi connectivity index (χ0) is 20.0. The van der Waals surface area contributed by atoms with E-state index in [-0.39, 0.29) is 0 Å². The summed E-state index contributed by atoms with van der Waals surface area (Å²) in [6, 6.07) is 9.76. The highest BCUT2D eigenvalue weighted by Crippen LogP contribution is 2.15. The number of nitrogens with one attached hydrogen (secondary N) is 2. The summed E-state index contributed by atoms with van der Waals surface area (Å²) in [5, 5.41) is 2.89. The molecule has 0 radical (unpaired) electrons. The van der Waals surface area contributed by atoms with Gasteiger partial charge >= 0.3 is 5.97 Å². The Labute approximate surface area is 160 Å². The Bertz CT molecular complexity index is 952. The quantitative estimate of drug-likeness (QED) is 0.677. The molecule has 0 bridgehead atoms. The zero-order valence-electron chi connectivity index (χ0n) is 14.1. The molecule has 1 atom stereocenters. The van der Waals surface area contributed by atoms with Crippen molar-refractivity contribution in [3.63, 3.8) is 0 Å². The van der Waals surface area contributed by atoms with Gasteiger partial charge in [-0.15, -0.1) is 0 Å². The first-order valence-corrected chi connectivity index (χ1v) is 9.54. The van der Waals surface area contributed by atoms with E-state index >= 15 is 0 Å². The third-order valence-electron chi connectivity index (χ3n) is 3.27. The van der Waals surface area contributed by atoms with Crippen LogP contribution in [0.1, 0.15) is 6.92 Å². The predicted molar refractivity (Wildman–Crippen MR) is 97.2 cm³/mol. The molecule has 27 heavy (non-hydrogen) atoms. The number of carbonyl (C=O) groups excluding carboxylic acids is 2. The minimum Gasteiger partial charge on any atom is -0.454 e. The monoisotopic (exact) mass is 414 g/mol. The van der Waals surface area contributed by atoms with Gasteiger partial charge in [0.2, 0.25) is 10.0 Å². The molecule has 0 aliphatic rings. The van der Waals surface area contributed by atoms with Crippen molar-refractivity contribution in [1.82, 2.24) is 4.72 Å². The van der Waals surface area contributed by atoms with Gasteiger partial charge in [-0.25, -0.2) is 12.8 Å². The number of anilines is 1. The lowest BCUT2D eigenvalue weighted by Gasteiger charge is -2.14. The maximum atomic E-state index is 13.6. The number of halogens is 2. The van der Waals surface area contributed by atoms with E-state index in [0.29, 0.717) is 10.7 Å². The molecule has 0 aliphatic carbocycles. The van der Waals surface area contributed by atoms with Gasteiger partial charge in [0.05, 0.1) is 0 Å². The number of hydrogen-bond acceptors (Lipinski definition) is 5. The summed E-state index contributed by atoms with van der Waals surface area (Å²) < 4.78 is 44.7. The number of amides is 1. The van der Waals surface area contributed by atoms with Crippen molar-refractivity contribution in [3.8, 4) is 0 Å². The van der Waals surface area contributed by atoms with Gasteiger partial charge < -0.3 is 10.1 Å². The summed E-state index contributed by atoms with van der Waals surface area (Å²) in [6.07, 6.45) is 0. The highest BCUT2D eigenvalue weighted by Gasteiger charge is 2.25. The molecule has 0 saturated carbocycles. The first-order chi connectivity index (χ1) is 12.7. The van der Waals surface area contributed by atoms with Crippen molar-refractivity contribution in [2.75, 3.05) is 11.9 Å². The molecule has 144 valence electrons. The lowest BCUT2D eigenvalue weighted by Crippen LogP contribution is -2.40. The molecule has 1 amide bonds. The number of sulfonamides is 1. The fourth-order valence-electron chi connectivity index (χ4n) is 2.03. The van der Waals surface area contributed by atoms with Crippen LogP contribution in [0.5, 0.6) is 0 Å². The molecular weight excluding hydrogens is 399 g/mol. The second-order valence-corrected chi connectivity index (χ2v) is 7.56. The topological polar surface area (TPSA) is 102 Å². The Hall–Kier alpha value is -2.49. The third kappa shape index (κ3) is 6.02. The third-order valence-corrected chi connectivity index (χ3v) is 5.07. The molecule has 2 rings (SSSR count). The molecular formula is C17H16ClFN2O5S. The van der Waals surface area contributed by atoms with E-state index in [9.17, 15) is 22.4 Å². The minimum atomic E-state index is -4.27. The smallest absolute Gasteiger partial charge is 0.324 e. The second kappa shape index (κ2) is 8.94. The highest BCUT2D eigenvalue weighted by molar-refractivity contribution is 7.89. The maximum Gasteiger partial charge on any atom is 0.324 e. The molecule has 0 heterocycles. The van der Waals surface area contributed by atoms with Crippen LogP contribution in [-0.2, 0) is 24.3 Å². The molecule has 10 heteroatoms. The SMILES string of the molecule is C[C@H](NS(=O)(=O)c1ccccc1F)C(=O)OCC(=O)Nc1cccc(Cl)c1. The van der Waals surface area contributed by atoms with Gasteiger partial charge in [-0.3, -0.25) is 9.59 Å². The van der Waals surface area contributed by atoms with E-state index in [1.807, 2.05) is 4.72 Å². The van der Waals surface area contributed by atoms with Gasteiger partial charge in [0, 0.05) is 10.7 Å². The Morgan fingerprint density at radius 2 is 1.89 bits per heavy atom. The van der Waals surface area contributed by atoms with Gasteiger partial charge in [0.1, 0.15) is 16.8 Å². The predicted octanol–water partition coefficient (Wildman–Crippen LogP) is 2.33. The van der Waals surface area contributed by atoms with Crippen LogP contribution in [0.2, 0.25) is 5.02 Å². The van der Waals surface area contributed by atoms with Crippen molar-refractivity contribution in [1.29, 1.82) is 0 Å². The zero-order valence-corrected chi connectivity index (χ0v) is 15.7. The molecule has 7 nitrogen and oxygen atoms in total. The van der Waals surface area contributed by atoms with Crippen molar-refractivity contribution in [2.24, 2.45) is 0 Å². The van der Waals surface area contributed by atoms with Crippen molar-refractivity contribution >= 4 is 39.2 Å². The lowest BCUT2D eigenvalue weighted by atomic mass is 10.3. The summed E-state index contributed by atoms with van der Waals surface area (Å²) in [7, 11) is -4.27. The van der Waals surface area contributed by atoms with E-state index in [0.717, 1.165) is 12.1 Å². The van der Waals surface area contributed by atoms with Crippen LogP contribution in [0.25, 0.3) is 0 Å². The fourth-order valence-corrected chi connectivity index (χ4v) is 3.49. The lowest BCUT2D eigenvalue weighted by molar-refractivity contribution is -0.148. The standard InChI is InChI=1S/C17H16ClFN2O5S/c1-11(21-27(24,25)15-8-3-2-7-14(15)19)17(23)26-10-16(22)20-13-6-4-5-12(18)9-13/h2-9,11,21H,10H2,1H3,(H,20,22)/t11-/m0/s1. The molecule has 0 aliphatic heterocycles. The minimum absolute atomic E-state index is 0.414. The van der Waals surface area contributed by atoms with Gasteiger partial charge in [-0.2, -0.15) is 4.72 Å². The molecule has 0 saturated heterocycles. The molecule has 0 aromatic heterocycles. The number of esters is 1. The Balaban J connectivity index is 1.90. The van der Waals surface area contributed by atoms with E-state index in [2.05, 4.69) is 5.32 Å². The van der Waals surface area contributed by atoms with Crippen molar-refractivity contribution in [2.45, 2.75) is 17.9 Å². The average molecular weight is 415 g/mol. The van der Waals surface area contributed by atoms with Crippen LogP contribution >= 0.6 is 11.6 Å². The Kier molecular flexibility index (Phi) is 6.89. The maximum absolute atomic E-state index is 13.6. The van der Waals surface area contributed by atoms with Gasteiger partial charge in [0.25, 0.3) is 5.91 Å².